The second kappa shape index (κ2) is 11.7. The molecule has 0 saturated carbocycles. The monoisotopic (exact) mass is 619 g/mol. The molecule has 0 fully saturated rings. The maximum absolute atomic E-state index is 3.73. The second-order valence-electron chi connectivity index (χ2n) is 10.7. The number of benzene rings is 8. The van der Waals surface area contributed by atoms with Gasteiger partial charge in [-0.05, 0) is 60.6 Å². The molecular formula is C42H26Y-2. The summed E-state index contributed by atoms with van der Waals surface area (Å²) in [4.78, 5) is 0. The first kappa shape index (κ1) is 27.5. The first-order valence-corrected chi connectivity index (χ1v) is 14.4. The molecular weight excluding hydrogens is 593 g/mol. The minimum atomic E-state index is 0. The van der Waals surface area contributed by atoms with Crippen LogP contribution in [0.3, 0.4) is 0 Å². The Morgan fingerprint density at radius 1 is 0.349 bits per heavy atom. The normalized spacial score (nSPS) is 11.1. The van der Waals surface area contributed by atoms with Crippen molar-refractivity contribution in [3.05, 3.63) is 170 Å². The zero-order valence-electron chi connectivity index (χ0n) is 23.6. The van der Waals surface area contributed by atoms with E-state index in [4.69, 9.17) is 0 Å². The van der Waals surface area contributed by atoms with Crippen LogP contribution in [0.4, 0.5) is 0 Å². The predicted octanol–water partition coefficient (Wildman–Crippen LogP) is 11.4. The molecule has 0 aromatic heterocycles. The Bertz CT molecular complexity index is 2170. The largest absolute Gasteiger partial charge is 0.209 e. The van der Waals surface area contributed by atoms with E-state index in [1.54, 1.807) is 0 Å². The molecule has 0 saturated heterocycles. The van der Waals surface area contributed by atoms with E-state index in [0.717, 1.165) is 16.7 Å². The minimum Gasteiger partial charge on any atom is -0.209 e. The van der Waals surface area contributed by atoms with Gasteiger partial charge in [0.15, 0.2) is 0 Å². The molecule has 8 aromatic carbocycles. The van der Waals surface area contributed by atoms with Crippen molar-refractivity contribution in [2.45, 2.75) is 0 Å². The number of fused-ring (bicyclic) bond motifs is 3. The summed E-state index contributed by atoms with van der Waals surface area (Å²) in [5, 5.41) is 7.48. The Morgan fingerprint density at radius 2 is 0.884 bits per heavy atom. The number of hydrogen-bond acceptors (Lipinski definition) is 0. The summed E-state index contributed by atoms with van der Waals surface area (Å²) >= 11 is 0. The summed E-state index contributed by atoms with van der Waals surface area (Å²) in [6.45, 7) is 0. The van der Waals surface area contributed by atoms with E-state index in [1.165, 1.54) is 60.1 Å². The van der Waals surface area contributed by atoms with E-state index in [2.05, 4.69) is 158 Å². The van der Waals surface area contributed by atoms with E-state index in [0.29, 0.717) is 0 Å². The average Bonchev–Trinajstić information content (AvgIpc) is 3.07. The van der Waals surface area contributed by atoms with Crippen molar-refractivity contribution < 1.29 is 32.7 Å². The maximum Gasteiger partial charge on any atom is 0 e. The summed E-state index contributed by atoms with van der Waals surface area (Å²) in [6.07, 6.45) is 0. The molecule has 0 heterocycles. The third-order valence-electron chi connectivity index (χ3n) is 8.25. The van der Waals surface area contributed by atoms with Crippen LogP contribution in [-0.4, -0.2) is 0 Å². The van der Waals surface area contributed by atoms with Gasteiger partial charge in [-0.2, -0.15) is 42.0 Å². The first-order chi connectivity index (χ1) is 20.8. The summed E-state index contributed by atoms with van der Waals surface area (Å²) in [6, 6.07) is 63.5. The van der Waals surface area contributed by atoms with Crippen molar-refractivity contribution in [2.24, 2.45) is 0 Å². The summed E-state index contributed by atoms with van der Waals surface area (Å²) in [7, 11) is 0. The van der Waals surface area contributed by atoms with Crippen LogP contribution >= 0.6 is 0 Å². The third-order valence-corrected chi connectivity index (χ3v) is 8.25. The fourth-order valence-corrected chi connectivity index (χ4v) is 6.26. The van der Waals surface area contributed by atoms with Crippen molar-refractivity contribution in [3.63, 3.8) is 0 Å². The topological polar surface area (TPSA) is 0 Å². The van der Waals surface area contributed by atoms with Gasteiger partial charge in [-0.25, -0.2) is 5.56 Å². The Hall–Kier alpha value is -4.36. The summed E-state index contributed by atoms with van der Waals surface area (Å²) in [5.41, 5.74) is 9.35. The molecule has 8 rings (SSSR count). The molecule has 0 unspecified atom stereocenters. The molecule has 0 amide bonds. The van der Waals surface area contributed by atoms with Crippen molar-refractivity contribution in [3.8, 4) is 44.5 Å². The SMILES string of the molecule is [Y].[c-]1ccccc1-c1[c-]c(-c2c3ccccc3c(-c3ccc(-c4ccc5ccccc5c4)cc3)c3ccccc23)ccc1. The molecule has 8 aromatic rings. The standard InChI is InChI=1S/C42H26.Y/c1-2-11-29(12-3-1)34-15-10-16-36(28-34)42-39-19-8-6-17-37(39)41(38-18-7-9-20-40(38)42)32-24-21-31(22-25-32)35-26-23-30-13-4-5-14-33(30)27-35;/h1-11,13-27H;/q-2;. The molecule has 0 aliphatic carbocycles. The molecule has 0 nitrogen and oxygen atoms in total. The molecule has 43 heavy (non-hydrogen) atoms. The van der Waals surface area contributed by atoms with Crippen LogP contribution < -0.4 is 0 Å². The molecule has 199 valence electrons. The quantitative estimate of drug-likeness (QED) is 0.136. The minimum absolute atomic E-state index is 0. The van der Waals surface area contributed by atoms with Crippen LogP contribution in [0.25, 0.3) is 76.8 Å². The van der Waals surface area contributed by atoms with E-state index in [-0.39, 0.29) is 32.7 Å². The fourth-order valence-electron chi connectivity index (χ4n) is 6.26. The predicted molar refractivity (Wildman–Crippen MR) is 178 cm³/mol. The van der Waals surface area contributed by atoms with Gasteiger partial charge in [0.2, 0.25) is 0 Å². The molecule has 0 spiro atoms. The van der Waals surface area contributed by atoms with Crippen molar-refractivity contribution in [1.82, 2.24) is 0 Å². The van der Waals surface area contributed by atoms with Gasteiger partial charge in [-0.3, -0.25) is 0 Å². The molecule has 1 heteroatoms. The van der Waals surface area contributed by atoms with E-state index in [9.17, 15) is 0 Å². The molecule has 1 radical (unpaired) electrons. The van der Waals surface area contributed by atoms with Gasteiger partial charge in [-0.1, -0.05) is 115 Å². The third kappa shape index (κ3) is 5.02. The Morgan fingerprint density at radius 3 is 1.56 bits per heavy atom. The molecule has 0 aliphatic heterocycles. The van der Waals surface area contributed by atoms with Gasteiger partial charge in [0.05, 0.1) is 0 Å². The van der Waals surface area contributed by atoms with Gasteiger partial charge < -0.3 is 0 Å². The van der Waals surface area contributed by atoms with Crippen LogP contribution in [-0.2, 0) is 32.7 Å². The van der Waals surface area contributed by atoms with Crippen LogP contribution in [0.15, 0.2) is 158 Å². The first-order valence-electron chi connectivity index (χ1n) is 14.4. The van der Waals surface area contributed by atoms with Crippen LogP contribution in [0.1, 0.15) is 0 Å². The van der Waals surface area contributed by atoms with Gasteiger partial charge in [0.25, 0.3) is 0 Å². The van der Waals surface area contributed by atoms with Crippen molar-refractivity contribution in [1.29, 1.82) is 0 Å². The molecule has 0 N–H and O–H groups in total. The Balaban J connectivity index is 0.00000300. The van der Waals surface area contributed by atoms with E-state index < -0.39 is 0 Å². The molecule has 0 bridgehead atoms. The number of rotatable bonds is 4. The number of hydrogen-bond donors (Lipinski definition) is 0. The van der Waals surface area contributed by atoms with Gasteiger partial charge >= 0.3 is 0 Å². The van der Waals surface area contributed by atoms with Crippen molar-refractivity contribution >= 4 is 32.3 Å². The van der Waals surface area contributed by atoms with Crippen LogP contribution in [0, 0.1) is 12.1 Å². The zero-order valence-corrected chi connectivity index (χ0v) is 26.4. The molecule has 0 atom stereocenters. The van der Waals surface area contributed by atoms with Crippen LogP contribution in [0.5, 0.6) is 0 Å². The van der Waals surface area contributed by atoms with E-state index >= 15 is 0 Å². The Kier molecular flexibility index (Phi) is 7.50. The zero-order chi connectivity index (χ0) is 27.9. The van der Waals surface area contributed by atoms with Gasteiger partial charge in [-0.15, -0.1) is 23.8 Å². The smallest absolute Gasteiger partial charge is 0 e. The van der Waals surface area contributed by atoms with Gasteiger partial charge in [0.1, 0.15) is 0 Å². The van der Waals surface area contributed by atoms with Crippen molar-refractivity contribution in [2.75, 3.05) is 0 Å². The van der Waals surface area contributed by atoms with Crippen LogP contribution in [0.2, 0.25) is 0 Å². The average molecular weight is 620 g/mol. The summed E-state index contributed by atoms with van der Waals surface area (Å²) in [5.74, 6) is 0. The van der Waals surface area contributed by atoms with Gasteiger partial charge in [0, 0.05) is 32.7 Å². The fraction of sp³-hybridized carbons (Fsp3) is 0. The molecule has 0 aliphatic rings. The maximum atomic E-state index is 3.73. The Labute approximate surface area is 277 Å². The summed E-state index contributed by atoms with van der Waals surface area (Å²) < 4.78 is 0. The second-order valence-corrected chi connectivity index (χ2v) is 10.7. The van der Waals surface area contributed by atoms with E-state index in [1.807, 2.05) is 12.1 Å².